The first-order chi connectivity index (χ1) is 17.3. The van der Waals surface area contributed by atoms with Crippen LogP contribution in [0, 0.1) is 0 Å². The Hall–Kier alpha value is -3.72. The SMILES string of the molecule is CCCOc1ccc(CN2C(=O)NC(=O)C(=Cc3cc(Cl)c(OCC)c(OCC)c3)C2=O)cc1OC. The van der Waals surface area contributed by atoms with Crippen molar-refractivity contribution >= 4 is 35.5 Å². The number of barbiturate groups is 1. The summed E-state index contributed by atoms with van der Waals surface area (Å²) in [4.78, 5) is 39.2. The molecule has 1 heterocycles. The van der Waals surface area contributed by atoms with E-state index in [2.05, 4.69) is 5.32 Å². The minimum Gasteiger partial charge on any atom is -0.493 e. The van der Waals surface area contributed by atoms with Gasteiger partial charge in [0.1, 0.15) is 5.57 Å². The zero-order chi connectivity index (χ0) is 26.2. The molecule has 1 saturated heterocycles. The lowest BCUT2D eigenvalue weighted by Crippen LogP contribution is -2.53. The second kappa shape index (κ2) is 12.3. The Balaban J connectivity index is 1.91. The van der Waals surface area contributed by atoms with Crippen LogP contribution in [0.2, 0.25) is 5.02 Å². The fourth-order valence-electron chi connectivity index (χ4n) is 3.55. The number of benzene rings is 2. The molecule has 0 aromatic heterocycles. The minimum absolute atomic E-state index is 0.0755. The van der Waals surface area contributed by atoms with E-state index in [1.165, 1.54) is 13.2 Å². The van der Waals surface area contributed by atoms with E-state index < -0.39 is 17.8 Å². The van der Waals surface area contributed by atoms with Crippen molar-refractivity contribution in [1.82, 2.24) is 10.2 Å². The summed E-state index contributed by atoms with van der Waals surface area (Å²) in [6.07, 6.45) is 2.20. The number of carbonyl (C=O) groups excluding carboxylic acids is 3. The maximum Gasteiger partial charge on any atom is 0.331 e. The third-order valence-electron chi connectivity index (χ3n) is 5.15. The summed E-state index contributed by atoms with van der Waals surface area (Å²) >= 11 is 6.37. The summed E-state index contributed by atoms with van der Waals surface area (Å²) in [5.74, 6) is 0.255. The van der Waals surface area contributed by atoms with Crippen LogP contribution in [-0.4, -0.2) is 49.7 Å². The van der Waals surface area contributed by atoms with E-state index in [1.54, 1.807) is 30.3 Å². The normalized spacial score (nSPS) is 14.6. The molecule has 10 heteroatoms. The molecule has 0 bridgehead atoms. The zero-order valence-corrected chi connectivity index (χ0v) is 21.4. The maximum atomic E-state index is 13.2. The second-order valence-electron chi connectivity index (χ2n) is 7.74. The molecule has 0 aliphatic carbocycles. The van der Waals surface area contributed by atoms with E-state index in [-0.39, 0.29) is 17.1 Å². The summed E-state index contributed by atoms with van der Waals surface area (Å²) in [6, 6.07) is 7.50. The van der Waals surface area contributed by atoms with Crippen LogP contribution in [0.3, 0.4) is 0 Å². The first-order valence-electron chi connectivity index (χ1n) is 11.6. The number of ether oxygens (including phenoxy) is 4. The average Bonchev–Trinajstić information content (AvgIpc) is 2.85. The van der Waals surface area contributed by atoms with Crippen molar-refractivity contribution in [2.24, 2.45) is 0 Å². The van der Waals surface area contributed by atoms with E-state index in [9.17, 15) is 14.4 Å². The highest BCUT2D eigenvalue weighted by Crippen LogP contribution is 2.37. The number of methoxy groups -OCH3 is 1. The Morgan fingerprint density at radius 1 is 0.944 bits per heavy atom. The van der Waals surface area contributed by atoms with Gasteiger partial charge in [-0.1, -0.05) is 24.6 Å². The maximum absolute atomic E-state index is 13.2. The van der Waals surface area contributed by atoms with Gasteiger partial charge in [-0.15, -0.1) is 0 Å². The molecule has 1 N–H and O–H groups in total. The molecule has 0 saturated carbocycles. The number of amides is 4. The summed E-state index contributed by atoms with van der Waals surface area (Å²) in [5, 5.41) is 2.49. The molecule has 192 valence electrons. The first kappa shape index (κ1) is 26.9. The molecule has 4 amide bonds. The van der Waals surface area contributed by atoms with Gasteiger partial charge in [0.05, 0.1) is 38.5 Å². The van der Waals surface area contributed by atoms with Crippen molar-refractivity contribution in [3.8, 4) is 23.0 Å². The third-order valence-corrected chi connectivity index (χ3v) is 5.43. The predicted octanol–water partition coefficient (Wildman–Crippen LogP) is 4.60. The minimum atomic E-state index is -0.813. The molecule has 0 spiro atoms. The summed E-state index contributed by atoms with van der Waals surface area (Å²) in [5.41, 5.74) is 0.849. The van der Waals surface area contributed by atoms with Gasteiger partial charge in [0.2, 0.25) is 0 Å². The van der Waals surface area contributed by atoms with E-state index in [0.717, 1.165) is 11.3 Å². The fourth-order valence-corrected chi connectivity index (χ4v) is 3.82. The molecule has 1 aliphatic heterocycles. The number of hydrogen-bond acceptors (Lipinski definition) is 7. The Kier molecular flexibility index (Phi) is 9.19. The van der Waals surface area contributed by atoms with E-state index >= 15 is 0 Å². The van der Waals surface area contributed by atoms with Crippen LogP contribution in [0.15, 0.2) is 35.9 Å². The van der Waals surface area contributed by atoms with Gasteiger partial charge in [-0.3, -0.25) is 19.8 Å². The number of halogens is 1. The summed E-state index contributed by atoms with van der Waals surface area (Å²) in [6.45, 7) is 6.83. The number of nitrogens with zero attached hydrogens (tertiary/aromatic N) is 1. The smallest absolute Gasteiger partial charge is 0.331 e. The molecule has 2 aromatic carbocycles. The molecule has 0 radical (unpaired) electrons. The lowest BCUT2D eigenvalue weighted by atomic mass is 10.1. The highest BCUT2D eigenvalue weighted by Gasteiger charge is 2.36. The fraction of sp³-hybridized carbons (Fsp3) is 0.346. The van der Waals surface area contributed by atoms with Gasteiger partial charge < -0.3 is 18.9 Å². The predicted molar refractivity (Wildman–Crippen MR) is 135 cm³/mol. The number of rotatable bonds is 11. The average molecular weight is 517 g/mol. The third kappa shape index (κ3) is 6.09. The monoisotopic (exact) mass is 516 g/mol. The lowest BCUT2D eigenvalue weighted by Gasteiger charge is -2.26. The number of carbonyl (C=O) groups is 3. The van der Waals surface area contributed by atoms with Gasteiger partial charge in [0.25, 0.3) is 11.8 Å². The molecule has 0 unspecified atom stereocenters. The van der Waals surface area contributed by atoms with Crippen molar-refractivity contribution in [1.29, 1.82) is 0 Å². The highest BCUT2D eigenvalue weighted by atomic mass is 35.5. The van der Waals surface area contributed by atoms with Crippen LogP contribution >= 0.6 is 11.6 Å². The molecular weight excluding hydrogens is 488 g/mol. The van der Waals surface area contributed by atoms with Crippen molar-refractivity contribution in [3.63, 3.8) is 0 Å². The Morgan fingerprint density at radius 3 is 2.36 bits per heavy atom. The molecule has 9 nitrogen and oxygen atoms in total. The number of hydrogen-bond donors (Lipinski definition) is 1. The number of urea groups is 1. The Labute approximate surface area is 214 Å². The lowest BCUT2D eigenvalue weighted by molar-refractivity contribution is -0.130. The molecule has 1 fully saturated rings. The Morgan fingerprint density at radius 2 is 1.69 bits per heavy atom. The molecule has 3 rings (SSSR count). The molecule has 36 heavy (non-hydrogen) atoms. The molecule has 1 aliphatic rings. The van der Waals surface area contributed by atoms with Crippen LogP contribution < -0.4 is 24.3 Å². The van der Waals surface area contributed by atoms with E-state index in [4.69, 9.17) is 30.5 Å². The van der Waals surface area contributed by atoms with E-state index in [1.807, 2.05) is 20.8 Å². The summed E-state index contributed by atoms with van der Waals surface area (Å²) < 4.78 is 22.2. The van der Waals surface area contributed by atoms with Gasteiger partial charge in [-0.2, -0.15) is 0 Å². The van der Waals surface area contributed by atoms with Gasteiger partial charge in [-0.25, -0.2) is 4.79 Å². The highest BCUT2D eigenvalue weighted by molar-refractivity contribution is 6.33. The van der Waals surface area contributed by atoms with Crippen LogP contribution in [0.4, 0.5) is 4.79 Å². The summed E-state index contributed by atoms with van der Waals surface area (Å²) in [7, 11) is 1.51. The largest absolute Gasteiger partial charge is 0.493 e. The number of nitrogens with one attached hydrogen (secondary N) is 1. The van der Waals surface area contributed by atoms with Crippen LogP contribution in [0.1, 0.15) is 38.3 Å². The number of imide groups is 2. The van der Waals surface area contributed by atoms with Crippen molar-refractivity contribution in [2.75, 3.05) is 26.9 Å². The van der Waals surface area contributed by atoms with Crippen LogP contribution in [0.25, 0.3) is 6.08 Å². The van der Waals surface area contributed by atoms with Crippen molar-refractivity contribution in [3.05, 3.63) is 52.1 Å². The quantitative estimate of drug-likeness (QED) is 0.344. The van der Waals surface area contributed by atoms with Gasteiger partial charge in [0.15, 0.2) is 23.0 Å². The van der Waals surface area contributed by atoms with E-state index in [0.29, 0.717) is 53.9 Å². The Bertz CT molecular complexity index is 1180. The van der Waals surface area contributed by atoms with Crippen LogP contribution in [-0.2, 0) is 16.1 Å². The van der Waals surface area contributed by atoms with Gasteiger partial charge >= 0.3 is 6.03 Å². The molecule has 2 aromatic rings. The van der Waals surface area contributed by atoms with Crippen LogP contribution in [0.5, 0.6) is 23.0 Å². The van der Waals surface area contributed by atoms with Crippen molar-refractivity contribution in [2.45, 2.75) is 33.7 Å². The second-order valence-corrected chi connectivity index (χ2v) is 8.15. The molecular formula is C26H29ClN2O7. The standard InChI is InChI=1S/C26H29ClN2O7/c1-5-10-36-20-9-8-16(13-21(20)33-4)15-29-25(31)18(24(30)28-26(29)32)11-17-12-19(27)23(35-7-3)22(14-17)34-6-2/h8-9,11-14H,5-7,10,15H2,1-4H3,(H,28,30,32). The van der Waals surface area contributed by atoms with Crippen molar-refractivity contribution < 1.29 is 33.3 Å². The van der Waals surface area contributed by atoms with Gasteiger partial charge in [0, 0.05) is 0 Å². The topological polar surface area (TPSA) is 103 Å². The zero-order valence-electron chi connectivity index (χ0n) is 20.7. The molecule has 0 atom stereocenters. The van der Waals surface area contributed by atoms with Gasteiger partial charge in [-0.05, 0) is 61.7 Å². The first-order valence-corrected chi connectivity index (χ1v) is 12.0.